The zero-order chi connectivity index (χ0) is 20.2. The van der Waals surface area contributed by atoms with E-state index in [0.717, 1.165) is 24.2 Å². The number of rotatable bonds is 8. The Labute approximate surface area is 173 Å². The highest BCUT2D eigenvalue weighted by Gasteiger charge is 2.29. The van der Waals surface area contributed by atoms with Crippen LogP contribution in [0.25, 0.3) is 0 Å². The third-order valence-corrected chi connectivity index (χ3v) is 6.07. The number of halogens is 1. The summed E-state index contributed by atoms with van der Waals surface area (Å²) in [5.41, 5.74) is 1.01. The number of nitrogens with one attached hydrogen (secondary N) is 2. The van der Waals surface area contributed by atoms with Crippen molar-refractivity contribution in [2.24, 2.45) is 0 Å². The Kier molecular flexibility index (Phi) is 5.86. The second-order valence-corrected chi connectivity index (χ2v) is 8.61. The van der Waals surface area contributed by atoms with Gasteiger partial charge in [-0.2, -0.15) is 0 Å². The number of hydrogen-bond acceptors (Lipinski definition) is 8. The van der Waals surface area contributed by atoms with Gasteiger partial charge >= 0.3 is 0 Å². The Hall–Kier alpha value is -2.79. The standard InChI is InChI=1S/C18H16FN5O3S2/c19-12-5-1-10(2-6-12)8-20-15(25)9-28-18-23-22-17(29-18)21-16(26)13-7-14(27-24-13)11-3-4-11/h1-2,5-7,11H,3-4,8-9H2,(H,20,25)(H,21,22,26). The number of nitrogens with zero attached hydrogens (tertiary/aromatic N) is 3. The topological polar surface area (TPSA) is 110 Å². The summed E-state index contributed by atoms with van der Waals surface area (Å²) >= 11 is 2.38. The van der Waals surface area contributed by atoms with Gasteiger partial charge in [0.15, 0.2) is 10.0 Å². The highest BCUT2D eigenvalue weighted by Crippen LogP contribution is 2.40. The average Bonchev–Trinajstić information content (AvgIpc) is 3.27. The van der Waals surface area contributed by atoms with Crippen LogP contribution in [-0.2, 0) is 11.3 Å². The number of benzene rings is 1. The predicted octanol–water partition coefficient (Wildman–Crippen LogP) is 3.20. The second-order valence-electron chi connectivity index (χ2n) is 6.41. The first-order chi connectivity index (χ1) is 14.1. The quantitative estimate of drug-likeness (QED) is 0.415. The minimum atomic E-state index is -0.412. The van der Waals surface area contributed by atoms with Crippen molar-refractivity contribution in [3.8, 4) is 0 Å². The largest absolute Gasteiger partial charge is 0.360 e. The molecular weight excluding hydrogens is 417 g/mol. The van der Waals surface area contributed by atoms with Crippen molar-refractivity contribution in [3.05, 3.63) is 53.2 Å². The van der Waals surface area contributed by atoms with Gasteiger partial charge in [0.05, 0.1) is 5.75 Å². The molecule has 0 radical (unpaired) electrons. The molecule has 2 heterocycles. The minimum Gasteiger partial charge on any atom is -0.360 e. The van der Waals surface area contributed by atoms with E-state index in [4.69, 9.17) is 4.52 Å². The lowest BCUT2D eigenvalue weighted by Crippen LogP contribution is -2.24. The lowest BCUT2D eigenvalue weighted by atomic mass is 10.2. The van der Waals surface area contributed by atoms with Crippen molar-refractivity contribution in [2.75, 3.05) is 11.1 Å². The van der Waals surface area contributed by atoms with Gasteiger partial charge in [0.25, 0.3) is 5.91 Å². The van der Waals surface area contributed by atoms with Gasteiger partial charge in [-0.25, -0.2) is 4.39 Å². The third kappa shape index (κ3) is 5.39. The summed E-state index contributed by atoms with van der Waals surface area (Å²) < 4.78 is 18.6. The van der Waals surface area contributed by atoms with E-state index in [9.17, 15) is 14.0 Å². The Morgan fingerprint density at radius 3 is 2.79 bits per heavy atom. The van der Waals surface area contributed by atoms with Crippen LogP contribution < -0.4 is 10.6 Å². The van der Waals surface area contributed by atoms with Crippen molar-refractivity contribution >= 4 is 40.0 Å². The van der Waals surface area contributed by atoms with Gasteiger partial charge in [-0.15, -0.1) is 10.2 Å². The predicted molar refractivity (Wildman–Crippen MR) is 105 cm³/mol. The van der Waals surface area contributed by atoms with Crippen LogP contribution in [0.4, 0.5) is 9.52 Å². The maximum atomic E-state index is 12.9. The van der Waals surface area contributed by atoms with Crippen molar-refractivity contribution < 1.29 is 18.5 Å². The molecule has 4 rings (SSSR count). The molecule has 1 saturated carbocycles. The first-order valence-electron chi connectivity index (χ1n) is 8.82. The molecular formula is C18H16FN5O3S2. The van der Waals surface area contributed by atoms with E-state index >= 15 is 0 Å². The Balaban J connectivity index is 1.22. The molecule has 29 heavy (non-hydrogen) atoms. The first kappa shape index (κ1) is 19.5. The van der Waals surface area contributed by atoms with Crippen LogP contribution in [0.2, 0.25) is 0 Å². The van der Waals surface area contributed by atoms with E-state index in [2.05, 4.69) is 26.0 Å². The van der Waals surface area contributed by atoms with Crippen molar-refractivity contribution in [1.29, 1.82) is 0 Å². The molecule has 2 N–H and O–H groups in total. The molecule has 0 atom stereocenters. The Morgan fingerprint density at radius 1 is 1.24 bits per heavy atom. The zero-order valence-electron chi connectivity index (χ0n) is 15.1. The molecule has 2 amide bonds. The molecule has 2 aromatic heterocycles. The SMILES string of the molecule is O=C(CSc1nnc(NC(=O)c2cc(C3CC3)on2)s1)NCc1ccc(F)cc1. The summed E-state index contributed by atoms with van der Waals surface area (Å²) in [6, 6.07) is 7.57. The van der Waals surface area contributed by atoms with Gasteiger partial charge in [-0.3, -0.25) is 14.9 Å². The third-order valence-electron chi connectivity index (χ3n) is 4.10. The fraction of sp³-hybridized carbons (Fsp3) is 0.278. The smallest absolute Gasteiger partial charge is 0.279 e. The normalized spacial score (nSPS) is 13.3. The molecule has 150 valence electrons. The summed E-state index contributed by atoms with van der Waals surface area (Å²) in [5, 5.41) is 17.3. The molecule has 1 aromatic carbocycles. The Bertz CT molecular complexity index is 1020. The van der Waals surface area contributed by atoms with E-state index in [1.54, 1.807) is 18.2 Å². The molecule has 8 nitrogen and oxygen atoms in total. The maximum absolute atomic E-state index is 12.9. The van der Waals surface area contributed by atoms with Crippen LogP contribution in [0.3, 0.4) is 0 Å². The monoisotopic (exact) mass is 433 g/mol. The molecule has 1 aliphatic carbocycles. The summed E-state index contributed by atoms with van der Waals surface area (Å²) in [6.07, 6.45) is 2.12. The number of thioether (sulfide) groups is 1. The Morgan fingerprint density at radius 2 is 2.03 bits per heavy atom. The van der Waals surface area contributed by atoms with Gasteiger partial charge in [0.2, 0.25) is 11.0 Å². The fourth-order valence-electron chi connectivity index (χ4n) is 2.42. The van der Waals surface area contributed by atoms with Crippen molar-refractivity contribution in [2.45, 2.75) is 29.6 Å². The van der Waals surface area contributed by atoms with E-state index < -0.39 is 5.91 Å². The van der Waals surface area contributed by atoms with Crippen molar-refractivity contribution in [3.63, 3.8) is 0 Å². The van der Waals surface area contributed by atoms with E-state index in [1.807, 2.05) is 0 Å². The molecule has 0 saturated heterocycles. The first-order valence-corrected chi connectivity index (χ1v) is 10.6. The number of carbonyl (C=O) groups is 2. The number of hydrogen-bond donors (Lipinski definition) is 2. The molecule has 1 aliphatic rings. The summed E-state index contributed by atoms with van der Waals surface area (Å²) in [6.45, 7) is 0.317. The van der Waals surface area contributed by atoms with Crippen LogP contribution in [0.1, 0.15) is 40.6 Å². The number of carbonyl (C=O) groups excluding carboxylic acids is 2. The molecule has 3 aromatic rings. The molecule has 0 aliphatic heterocycles. The number of amides is 2. The lowest BCUT2D eigenvalue weighted by Gasteiger charge is -2.04. The molecule has 0 bridgehead atoms. The van der Waals surface area contributed by atoms with E-state index in [-0.39, 0.29) is 23.2 Å². The molecule has 11 heteroatoms. The lowest BCUT2D eigenvalue weighted by molar-refractivity contribution is -0.118. The highest BCUT2D eigenvalue weighted by molar-refractivity contribution is 8.01. The summed E-state index contributed by atoms with van der Waals surface area (Å²) in [7, 11) is 0. The van der Waals surface area contributed by atoms with Crippen LogP contribution in [0.15, 0.2) is 39.2 Å². The van der Waals surface area contributed by atoms with Crippen LogP contribution in [0.5, 0.6) is 0 Å². The maximum Gasteiger partial charge on any atom is 0.279 e. The van der Waals surface area contributed by atoms with E-state index in [0.29, 0.717) is 21.9 Å². The zero-order valence-corrected chi connectivity index (χ0v) is 16.7. The van der Waals surface area contributed by atoms with E-state index in [1.165, 1.54) is 35.2 Å². The van der Waals surface area contributed by atoms with Gasteiger partial charge in [0.1, 0.15) is 11.6 Å². The number of anilines is 1. The molecule has 0 unspecified atom stereocenters. The molecule has 0 spiro atoms. The van der Waals surface area contributed by atoms with Crippen molar-refractivity contribution in [1.82, 2.24) is 20.7 Å². The fourth-order valence-corrected chi connectivity index (χ4v) is 3.99. The van der Waals surface area contributed by atoms with Gasteiger partial charge in [0, 0.05) is 18.5 Å². The average molecular weight is 433 g/mol. The summed E-state index contributed by atoms with van der Waals surface area (Å²) in [4.78, 5) is 24.1. The number of aromatic nitrogens is 3. The second kappa shape index (κ2) is 8.70. The van der Waals surface area contributed by atoms with Gasteiger partial charge in [-0.1, -0.05) is 40.4 Å². The van der Waals surface area contributed by atoms with Crippen LogP contribution in [-0.4, -0.2) is 32.9 Å². The molecule has 1 fully saturated rings. The van der Waals surface area contributed by atoms with Crippen LogP contribution in [0, 0.1) is 5.82 Å². The van der Waals surface area contributed by atoms with Gasteiger partial charge in [-0.05, 0) is 30.5 Å². The summed E-state index contributed by atoms with van der Waals surface area (Å²) in [5.74, 6) is 0.346. The van der Waals surface area contributed by atoms with Crippen LogP contribution >= 0.6 is 23.1 Å². The minimum absolute atomic E-state index is 0.151. The highest BCUT2D eigenvalue weighted by atomic mass is 32.2. The van der Waals surface area contributed by atoms with Gasteiger partial charge < -0.3 is 9.84 Å².